The minimum atomic E-state index is -0.590. The highest BCUT2D eigenvalue weighted by molar-refractivity contribution is 5.96. The SMILES string of the molecule is CC(=O)OC1CC(C(=O)Nc2c(N)ncc(F)c2C2CCN(C(=O)OC(C)(C)C)CC2)C1. The van der Waals surface area contributed by atoms with E-state index in [1.54, 1.807) is 25.7 Å². The van der Waals surface area contributed by atoms with Crippen LogP contribution in [0.5, 0.6) is 0 Å². The third-order valence-corrected chi connectivity index (χ3v) is 5.70. The number of rotatable bonds is 4. The van der Waals surface area contributed by atoms with E-state index in [9.17, 15) is 18.8 Å². The quantitative estimate of drug-likeness (QED) is 0.675. The number of carbonyl (C=O) groups excluding carboxylic acids is 3. The van der Waals surface area contributed by atoms with Crippen molar-refractivity contribution in [3.63, 3.8) is 0 Å². The van der Waals surface area contributed by atoms with Gasteiger partial charge in [-0.25, -0.2) is 14.2 Å². The normalized spacial score (nSPS) is 21.5. The van der Waals surface area contributed by atoms with Crippen molar-refractivity contribution in [2.45, 2.75) is 71.0 Å². The molecule has 2 amide bonds. The van der Waals surface area contributed by atoms with Gasteiger partial charge in [-0.15, -0.1) is 0 Å². The molecule has 1 aromatic rings. The predicted molar refractivity (Wildman–Crippen MR) is 115 cm³/mol. The van der Waals surface area contributed by atoms with Gasteiger partial charge >= 0.3 is 12.1 Å². The largest absolute Gasteiger partial charge is 0.463 e. The molecule has 2 fully saturated rings. The first-order chi connectivity index (χ1) is 14.9. The van der Waals surface area contributed by atoms with Gasteiger partial charge in [0.25, 0.3) is 0 Å². The van der Waals surface area contributed by atoms with E-state index in [4.69, 9.17) is 15.2 Å². The topological polar surface area (TPSA) is 124 Å². The monoisotopic (exact) mass is 450 g/mol. The summed E-state index contributed by atoms with van der Waals surface area (Å²) in [4.78, 5) is 41.5. The number of ether oxygens (including phenoxy) is 2. The van der Waals surface area contributed by atoms with E-state index in [0.717, 1.165) is 6.20 Å². The molecular formula is C22H31FN4O5. The van der Waals surface area contributed by atoms with Gasteiger partial charge in [-0.05, 0) is 52.4 Å². The second-order valence-electron chi connectivity index (χ2n) is 9.41. The summed E-state index contributed by atoms with van der Waals surface area (Å²) in [7, 11) is 0. The summed E-state index contributed by atoms with van der Waals surface area (Å²) >= 11 is 0. The summed E-state index contributed by atoms with van der Waals surface area (Å²) in [5.41, 5.74) is 5.90. The number of hydrogen-bond acceptors (Lipinski definition) is 7. The number of piperidine rings is 1. The zero-order valence-electron chi connectivity index (χ0n) is 18.9. The Balaban J connectivity index is 1.67. The number of nitrogens with one attached hydrogen (secondary N) is 1. The fourth-order valence-electron chi connectivity index (χ4n) is 4.06. The minimum Gasteiger partial charge on any atom is -0.463 e. The van der Waals surface area contributed by atoms with Crippen LogP contribution < -0.4 is 11.1 Å². The lowest BCUT2D eigenvalue weighted by Gasteiger charge is -2.35. The van der Waals surface area contributed by atoms with Crippen molar-refractivity contribution in [3.8, 4) is 0 Å². The maximum Gasteiger partial charge on any atom is 0.410 e. The standard InChI is InChI=1S/C22H31FN4O5/c1-12(28)31-15-9-14(10-15)20(29)26-18-17(16(23)11-25-19(18)24)13-5-7-27(8-6-13)21(30)32-22(2,3)4/h11,13-15H,5-10H2,1-4H3,(H2,24,25)(H,26,29). The smallest absolute Gasteiger partial charge is 0.410 e. The first-order valence-electron chi connectivity index (χ1n) is 10.8. The van der Waals surface area contributed by atoms with Gasteiger partial charge in [-0.3, -0.25) is 9.59 Å². The Bertz CT molecular complexity index is 887. The average Bonchev–Trinajstić information content (AvgIpc) is 2.66. The lowest BCUT2D eigenvalue weighted by atomic mass is 9.81. The molecule has 1 aromatic heterocycles. The molecule has 1 aliphatic carbocycles. The summed E-state index contributed by atoms with van der Waals surface area (Å²) in [6.45, 7) is 7.55. The van der Waals surface area contributed by atoms with E-state index in [1.165, 1.54) is 6.92 Å². The average molecular weight is 451 g/mol. The first-order valence-corrected chi connectivity index (χ1v) is 10.8. The van der Waals surface area contributed by atoms with Gasteiger partial charge in [0.1, 0.15) is 23.3 Å². The van der Waals surface area contributed by atoms with Crippen molar-refractivity contribution >= 4 is 29.5 Å². The van der Waals surface area contributed by atoms with E-state index in [-0.39, 0.29) is 41.3 Å². The van der Waals surface area contributed by atoms with Crippen molar-refractivity contribution < 1.29 is 28.2 Å². The van der Waals surface area contributed by atoms with Crippen molar-refractivity contribution in [2.24, 2.45) is 5.92 Å². The third-order valence-electron chi connectivity index (χ3n) is 5.70. The highest BCUT2D eigenvalue weighted by atomic mass is 19.1. The molecule has 176 valence electrons. The number of likely N-dealkylation sites (tertiary alicyclic amines) is 1. The number of carbonyl (C=O) groups is 3. The number of nitrogen functional groups attached to an aromatic ring is 1. The van der Waals surface area contributed by atoms with Crippen LogP contribution in [-0.4, -0.2) is 52.6 Å². The Kier molecular flexibility index (Phi) is 6.90. The van der Waals surface area contributed by atoms with Crippen LogP contribution in [0.1, 0.15) is 64.9 Å². The number of anilines is 2. The number of nitrogens with two attached hydrogens (primary N) is 1. The van der Waals surface area contributed by atoms with Crippen molar-refractivity contribution in [1.29, 1.82) is 0 Å². The highest BCUT2D eigenvalue weighted by Crippen LogP contribution is 2.39. The van der Waals surface area contributed by atoms with Gasteiger partial charge < -0.3 is 25.4 Å². The summed E-state index contributed by atoms with van der Waals surface area (Å²) in [5, 5.41) is 2.75. The van der Waals surface area contributed by atoms with E-state index in [1.807, 2.05) is 0 Å². The molecule has 3 N–H and O–H groups in total. The minimum absolute atomic E-state index is 0.0418. The third kappa shape index (κ3) is 5.66. The maximum atomic E-state index is 14.8. The number of halogens is 1. The van der Waals surface area contributed by atoms with E-state index in [0.29, 0.717) is 44.3 Å². The zero-order chi connectivity index (χ0) is 23.6. The summed E-state index contributed by atoms with van der Waals surface area (Å²) in [6, 6.07) is 0. The van der Waals surface area contributed by atoms with E-state index < -0.39 is 17.5 Å². The molecule has 2 aliphatic rings. The second-order valence-corrected chi connectivity index (χ2v) is 9.41. The molecule has 0 spiro atoms. The molecule has 1 saturated carbocycles. The molecule has 32 heavy (non-hydrogen) atoms. The fourth-order valence-corrected chi connectivity index (χ4v) is 4.06. The van der Waals surface area contributed by atoms with Crippen LogP contribution in [0.15, 0.2) is 6.20 Å². The van der Waals surface area contributed by atoms with Crippen LogP contribution in [-0.2, 0) is 19.1 Å². The molecule has 10 heteroatoms. The van der Waals surface area contributed by atoms with Crippen LogP contribution >= 0.6 is 0 Å². The number of amides is 2. The molecular weight excluding hydrogens is 419 g/mol. The highest BCUT2D eigenvalue weighted by Gasteiger charge is 2.38. The Morgan fingerprint density at radius 2 is 1.84 bits per heavy atom. The number of nitrogens with zero attached hydrogens (tertiary/aromatic N) is 2. The second kappa shape index (κ2) is 9.30. The van der Waals surface area contributed by atoms with Gasteiger partial charge in [0.05, 0.1) is 11.9 Å². The molecule has 0 aromatic carbocycles. The number of aromatic nitrogens is 1. The Morgan fingerprint density at radius 3 is 2.41 bits per heavy atom. The molecule has 2 heterocycles. The lowest BCUT2D eigenvalue weighted by molar-refractivity contribution is -0.155. The van der Waals surface area contributed by atoms with Gasteiger partial charge in [-0.2, -0.15) is 0 Å². The Labute approximate surface area is 186 Å². The molecule has 0 bridgehead atoms. The van der Waals surface area contributed by atoms with E-state index in [2.05, 4.69) is 10.3 Å². The van der Waals surface area contributed by atoms with Crippen LogP contribution in [0, 0.1) is 11.7 Å². The first kappa shape index (κ1) is 23.7. The summed E-state index contributed by atoms with van der Waals surface area (Å²) < 4.78 is 25.3. The molecule has 3 rings (SSSR count). The van der Waals surface area contributed by atoms with Gasteiger partial charge in [0, 0.05) is 31.5 Å². The van der Waals surface area contributed by atoms with Crippen molar-refractivity contribution in [1.82, 2.24) is 9.88 Å². The molecule has 1 aliphatic heterocycles. The van der Waals surface area contributed by atoms with Crippen LogP contribution in [0.4, 0.5) is 20.7 Å². The number of esters is 1. The Hall–Kier alpha value is -2.91. The van der Waals surface area contributed by atoms with Crippen molar-refractivity contribution in [3.05, 3.63) is 17.6 Å². The molecule has 9 nitrogen and oxygen atoms in total. The van der Waals surface area contributed by atoms with Crippen LogP contribution in [0.2, 0.25) is 0 Å². The predicted octanol–water partition coefficient (Wildman–Crippen LogP) is 3.20. The summed E-state index contributed by atoms with van der Waals surface area (Å²) in [5.74, 6) is -1.77. The van der Waals surface area contributed by atoms with Gasteiger partial charge in [0.2, 0.25) is 5.91 Å². The molecule has 0 radical (unpaired) electrons. The molecule has 1 saturated heterocycles. The summed E-state index contributed by atoms with van der Waals surface area (Å²) in [6.07, 6.45) is 2.21. The van der Waals surface area contributed by atoms with Crippen molar-refractivity contribution in [2.75, 3.05) is 24.1 Å². The van der Waals surface area contributed by atoms with Gasteiger partial charge in [-0.1, -0.05) is 0 Å². The number of hydrogen-bond donors (Lipinski definition) is 2. The lowest BCUT2D eigenvalue weighted by Crippen LogP contribution is -2.42. The number of pyridine rings is 1. The fraction of sp³-hybridized carbons (Fsp3) is 0.636. The van der Waals surface area contributed by atoms with Crippen LogP contribution in [0.3, 0.4) is 0 Å². The zero-order valence-corrected chi connectivity index (χ0v) is 18.9. The molecule has 0 unspecified atom stereocenters. The molecule has 0 atom stereocenters. The van der Waals surface area contributed by atoms with E-state index >= 15 is 0 Å². The maximum absolute atomic E-state index is 14.8. The Morgan fingerprint density at radius 1 is 1.22 bits per heavy atom. The van der Waals surface area contributed by atoms with Gasteiger partial charge in [0.15, 0.2) is 0 Å². The van der Waals surface area contributed by atoms with Crippen LogP contribution in [0.25, 0.3) is 0 Å².